The van der Waals surface area contributed by atoms with Crippen LogP contribution < -0.4 is 0 Å². The van der Waals surface area contributed by atoms with Gasteiger partial charge in [0.1, 0.15) is 0 Å². The number of aliphatic hydroxyl groups is 1. The van der Waals surface area contributed by atoms with Crippen LogP contribution in [-0.2, 0) is 0 Å². The maximum Gasteiger partial charge on any atom is 0.0600 e. The third kappa shape index (κ3) is 7.05. The minimum Gasteiger partial charge on any atom is -0.393 e. The van der Waals surface area contributed by atoms with Crippen molar-refractivity contribution in [3.63, 3.8) is 0 Å². The van der Waals surface area contributed by atoms with Gasteiger partial charge in [-0.1, -0.05) is 54.4 Å². The Kier molecular flexibility index (Phi) is 8.06. The predicted molar refractivity (Wildman–Crippen MR) is 76.3 cm³/mol. The Hall–Kier alpha value is -0.0800. The fourth-order valence-electron chi connectivity index (χ4n) is 2.03. The Balaban J connectivity index is 4.06. The van der Waals surface area contributed by atoms with Gasteiger partial charge in [0, 0.05) is 13.1 Å². The number of rotatable bonds is 8. The summed E-state index contributed by atoms with van der Waals surface area (Å²) in [5.41, 5.74) is 0.00826. The zero-order valence-corrected chi connectivity index (χ0v) is 12.8. The van der Waals surface area contributed by atoms with E-state index in [-0.39, 0.29) is 11.5 Å². The molecule has 0 radical (unpaired) electrons. The van der Waals surface area contributed by atoms with Crippen molar-refractivity contribution in [3.8, 4) is 0 Å². The Labute approximate surface area is 108 Å². The van der Waals surface area contributed by atoms with Crippen molar-refractivity contribution in [1.82, 2.24) is 4.90 Å². The molecule has 0 spiro atoms. The van der Waals surface area contributed by atoms with Crippen LogP contribution in [0.5, 0.6) is 0 Å². The van der Waals surface area contributed by atoms with Crippen LogP contribution in [0.1, 0.15) is 60.8 Å². The molecule has 1 atom stereocenters. The maximum atomic E-state index is 10.1. The molecule has 0 aromatic heterocycles. The van der Waals surface area contributed by atoms with Crippen LogP contribution in [0.4, 0.5) is 0 Å². The van der Waals surface area contributed by atoms with Crippen LogP contribution in [0.3, 0.4) is 0 Å². The summed E-state index contributed by atoms with van der Waals surface area (Å²) in [7, 11) is 0. The van der Waals surface area contributed by atoms with Gasteiger partial charge in [-0.25, -0.2) is 0 Å². The topological polar surface area (TPSA) is 23.5 Å². The van der Waals surface area contributed by atoms with Crippen molar-refractivity contribution in [2.45, 2.75) is 66.9 Å². The molecular weight excluding hydrogens is 210 g/mol. The Bertz CT molecular complexity index is 182. The van der Waals surface area contributed by atoms with E-state index in [0.29, 0.717) is 0 Å². The van der Waals surface area contributed by atoms with Gasteiger partial charge >= 0.3 is 0 Å². The molecule has 0 heterocycles. The second kappa shape index (κ2) is 8.10. The smallest absolute Gasteiger partial charge is 0.0600 e. The van der Waals surface area contributed by atoms with Crippen LogP contribution in [-0.4, -0.2) is 35.7 Å². The molecule has 0 rings (SSSR count). The molecule has 0 aliphatic carbocycles. The lowest BCUT2D eigenvalue weighted by molar-refractivity contribution is 0.0444. The highest BCUT2D eigenvalue weighted by atomic mass is 16.3. The van der Waals surface area contributed by atoms with E-state index in [4.69, 9.17) is 0 Å². The Morgan fingerprint density at radius 2 is 1.59 bits per heavy atom. The summed E-state index contributed by atoms with van der Waals surface area (Å²) in [5.74, 6) is 0.807. The normalized spacial score (nSPS) is 14.6. The minimum absolute atomic E-state index is 0.00826. The predicted octanol–water partition coefficient (Wildman–Crippen LogP) is 3.54. The Morgan fingerprint density at radius 3 is 1.94 bits per heavy atom. The molecular formula is C15H33NO. The summed E-state index contributed by atoms with van der Waals surface area (Å²) in [5, 5.41) is 10.1. The van der Waals surface area contributed by atoms with Crippen molar-refractivity contribution >= 4 is 0 Å². The van der Waals surface area contributed by atoms with Crippen LogP contribution in [0.15, 0.2) is 0 Å². The van der Waals surface area contributed by atoms with E-state index in [1.165, 1.54) is 19.4 Å². The second-order valence-electron chi connectivity index (χ2n) is 6.25. The Morgan fingerprint density at radius 1 is 1.06 bits per heavy atom. The van der Waals surface area contributed by atoms with Gasteiger partial charge in [-0.05, 0) is 24.3 Å². The van der Waals surface area contributed by atoms with E-state index >= 15 is 0 Å². The van der Waals surface area contributed by atoms with E-state index in [1.807, 2.05) is 0 Å². The summed E-state index contributed by atoms with van der Waals surface area (Å²) in [6.07, 6.45) is 3.21. The molecule has 0 aromatic rings. The zero-order chi connectivity index (χ0) is 13.5. The molecule has 104 valence electrons. The lowest BCUT2D eigenvalue weighted by atomic mass is 9.87. The molecule has 0 aliphatic rings. The van der Waals surface area contributed by atoms with Gasteiger partial charge in [-0.15, -0.1) is 0 Å². The monoisotopic (exact) mass is 243 g/mol. The summed E-state index contributed by atoms with van der Waals surface area (Å²) in [6.45, 7) is 16.4. The molecule has 17 heavy (non-hydrogen) atoms. The maximum absolute atomic E-state index is 10.1. The first-order chi connectivity index (χ1) is 7.85. The zero-order valence-electron chi connectivity index (χ0n) is 12.8. The van der Waals surface area contributed by atoms with Gasteiger partial charge in [-0.2, -0.15) is 0 Å². The number of hydrogen-bond acceptors (Lipinski definition) is 2. The van der Waals surface area contributed by atoms with Crippen molar-refractivity contribution in [2.24, 2.45) is 11.3 Å². The van der Waals surface area contributed by atoms with Crippen LogP contribution in [0.25, 0.3) is 0 Å². The molecule has 0 aromatic carbocycles. The van der Waals surface area contributed by atoms with Crippen molar-refractivity contribution < 1.29 is 5.11 Å². The average molecular weight is 243 g/mol. The summed E-state index contributed by atoms with van der Waals surface area (Å²) in [4.78, 5) is 2.48. The molecule has 0 saturated carbocycles. The first-order valence-corrected chi connectivity index (χ1v) is 7.25. The highest BCUT2D eigenvalue weighted by molar-refractivity contribution is 4.74. The van der Waals surface area contributed by atoms with Crippen molar-refractivity contribution in [1.29, 1.82) is 0 Å². The standard InChI is InChI=1S/C15H33NO/c1-7-13(8-2)12-16(9-3)11-10-14(17)15(4,5)6/h13-14,17H,7-12H2,1-6H3. The molecule has 0 amide bonds. The fourth-order valence-corrected chi connectivity index (χ4v) is 2.03. The number of nitrogens with zero attached hydrogens (tertiary/aromatic N) is 1. The summed E-state index contributed by atoms with van der Waals surface area (Å²) in [6, 6.07) is 0. The highest BCUT2D eigenvalue weighted by Gasteiger charge is 2.22. The third-order valence-electron chi connectivity index (χ3n) is 3.84. The van der Waals surface area contributed by atoms with Gasteiger partial charge in [0.05, 0.1) is 6.10 Å². The summed E-state index contributed by atoms with van der Waals surface area (Å²) >= 11 is 0. The molecule has 0 fully saturated rings. The summed E-state index contributed by atoms with van der Waals surface area (Å²) < 4.78 is 0. The van der Waals surface area contributed by atoms with E-state index in [9.17, 15) is 5.11 Å². The molecule has 0 saturated heterocycles. The molecule has 2 nitrogen and oxygen atoms in total. The third-order valence-corrected chi connectivity index (χ3v) is 3.84. The van der Waals surface area contributed by atoms with E-state index in [0.717, 1.165) is 25.4 Å². The molecule has 1 N–H and O–H groups in total. The molecule has 1 unspecified atom stereocenters. The van der Waals surface area contributed by atoms with Crippen LogP contribution in [0, 0.1) is 11.3 Å². The van der Waals surface area contributed by atoms with Crippen LogP contribution >= 0.6 is 0 Å². The van der Waals surface area contributed by atoms with Gasteiger partial charge in [0.15, 0.2) is 0 Å². The minimum atomic E-state index is -0.196. The lowest BCUT2D eigenvalue weighted by Gasteiger charge is -2.30. The van der Waals surface area contributed by atoms with E-state index in [1.54, 1.807) is 0 Å². The first kappa shape index (κ1) is 16.9. The van der Waals surface area contributed by atoms with Crippen molar-refractivity contribution in [2.75, 3.05) is 19.6 Å². The number of hydrogen-bond donors (Lipinski definition) is 1. The molecule has 0 bridgehead atoms. The molecule has 2 heteroatoms. The van der Waals surface area contributed by atoms with Gasteiger partial charge < -0.3 is 10.0 Å². The van der Waals surface area contributed by atoms with Crippen molar-refractivity contribution in [3.05, 3.63) is 0 Å². The highest BCUT2D eigenvalue weighted by Crippen LogP contribution is 2.22. The SMILES string of the molecule is CCC(CC)CN(CC)CCC(O)C(C)(C)C. The van der Waals surface area contributed by atoms with E-state index in [2.05, 4.69) is 46.4 Å². The largest absolute Gasteiger partial charge is 0.393 e. The second-order valence-corrected chi connectivity index (χ2v) is 6.25. The molecule has 0 aliphatic heterocycles. The van der Waals surface area contributed by atoms with Gasteiger partial charge in [0.2, 0.25) is 0 Å². The quantitative estimate of drug-likeness (QED) is 0.705. The first-order valence-electron chi connectivity index (χ1n) is 7.25. The van der Waals surface area contributed by atoms with Gasteiger partial charge in [-0.3, -0.25) is 0 Å². The fraction of sp³-hybridized carbons (Fsp3) is 1.00. The lowest BCUT2D eigenvalue weighted by Crippen LogP contribution is -2.35. The average Bonchev–Trinajstić information content (AvgIpc) is 2.28. The van der Waals surface area contributed by atoms with E-state index < -0.39 is 0 Å². The van der Waals surface area contributed by atoms with Gasteiger partial charge in [0.25, 0.3) is 0 Å². The van der Waals surface area contributed by atoms with Crippen LogP contribution in [0.2, 0.25) is 0 Å². The number of aliphatic hydroxyl groups excluding tert-OH is 1.